The molecule has 5 nitrogen and oxygen atoms in total. The van der Waals surface area contributed by atoms with Gasteiger partial charge in [0.15, 0.2) is 0 Å². The van der Waals surface area contributed by atoms with Gasteiger partial charge in [-0.15, -0.1) is 22.7 Å². The molecule has 0 unspecified atom stereocenters. The number of ether oxygens (including phenoxy) is 1. The third kappa shape index (κ3) is 4.25. The van der Waals surface area contributed by atoms with Gasteiger partial charge in [0, 0.05) is 29.4 Å². The fourth-order valence-corrected chi connectivity index (χ4v) is 5.97. The predicted octanol–water partition coefficient (Wildman–Crippen LogP) is 2.72. The first-order valence-corrected chi connectivity index (χ1v) is 11.2. The number of thiophene rings is 2. The first kappa shape index (κ1) is 18.0. The third-order valence-electron chi connectivity index (χ3n) is 4.08. The van der Waals surface area contributed by atoms with Gasteiger partial charge in [-0.05, 0) is 30.0 Å². The fraction of sp³-hybridized carbons (Fsp3) is 0.500. The first-order chi connectivity index (χ1) is 11.6. The van der Waals surface area contributed by atoms with Crippen molar-refractivity contribution in [3.63, 3.8) is 0 Å². The van der Waals surface area contributed by atoms with Gasteiger partial charge in [-0.1, -0.05) is 13.0 Å². The molecule has 0 aliphatic carbocycles. The molecule has 0 spiro atoms. The van der Waals surface area contributed by atoms with Gasteiger partial charge in [-0.2, -0.15) is 0 Å². The number of morpholine rings is 1. The number of hydrogen-bond acceptors (Lipinski definition) is 6. The summed E-state index contributed by atoms with van der Waals surface area (Å²) in [4.78, 5) is 4.56. The Bertz CT molecular complexity index is 734. The summed E-state index contributed by atoms with van der Waals surface area (Å²) in [6.45, 7) is 5.44. The zero-order valence-corrected chi connectivity index (χ0v) is 16.1. The number of aryl methyl sites for hydroxylation is 1. The second kappa shape index (κ2) is 8.07. The van der Waals surface area contributed by atoms with Crippen LogP contribution in [0, 0.1) is 0 Å². The summed E-state index contributed by atoms with van der Waals surface area (Å²) in [6, 6.07) is 7.71. The minimum Gasteiger partial charge on any atom is -0.379 e. The Morgan fingerprint density at radius 3 is 2.71 bits per heavy atom. The van der Waals surface area contributed by atoms with Crippen LogP contribution in [0.1, 0.15) is 22.7 Å². The van der Waals surface area contributed by atoms with E-state index in [2.05, 4.69) is 15.7 Å². The van der Waals surface area contributed by atoms with Crippen LogP contribution in [0.15, 0.2) is 33.9 Å². The standard InChI is InChI=1S/C16H22N2O3S3/c1-2-13-5-6-16(23-13)24(19,20)17-12-14(15-4-3-11-22-15)18-7-9-21-10-8-18/h3-6,11,14,17H,2,7-10,12H2,1H3/t14-/m0/s1. The summed E-state index contributed by atoms with van der Waals surface area (Å²) in [5, 5.41) is 2.03. The molecule has 0 bridgehead atoms. The van der Waals surface area contributed by atoms with Gasteiger partial charge in [-0.25, -0.2) is 13.1 Å². The van der Waals surface area contributed by atoms with E-state index in [1.807, 2.05) is 24.4 Å². The van der Waals surface area contributed by atoms with Gasteiger partial charge in [0.25, 0.3) is 0 Å². The summed E-state index contributed by atoms with van der Waals surface area (Å²) in [5.74, 6) is 0. The van der Waals surface area contributed by atoms with Gasteiger partial charge in [0.2, 0.25) is 10.0 Å². The zero-order valence-electron chi connectivity index (χ0n) is 13.6. The van der Waals surface area contributed by atoms with E-state index in [0.717, 1.165) is 24.4 Å². The Kier molecular flexibility index (Phi) is 6.07. The van der Waals surface area contributed by atoms with Gasteiger partial charge in [0.1, 0.15) is 4.21 Å². The molecule has 3 heterocycles. The SMILES string of the molecule is CCc1ccc(S(=O)(=O)NC[C@@H](c2cccs2)N2CCOCC2)s1. The molecule has 0 amide bonds. The number of nitrogens with one attached hydrogen (secondary N) is 1. The van der Waals surface area contributed by atoms with Gasteiger partial charge in [-0.3, -0.25) is 4.90 Å². The van der Waals surface area contributed by atoms with E-state index in [9.17, 15) is 8.42 Å². The molecule has 3 rings (SSSR count). The van der Waals surface area contributed by atoms with Gasteiger partial charge >= 0.3 is 0 Å². The van der Waals surface area contributed by atoms with E-state index in [1.54, 1.807) is 17.4 Å². The number of nitrogens with zero attached hydrogens (tertiary/aromatic N) is 1. The van der Waals surface area contributed by atoms with Gasteiger partial charge in [0.05, 0.1) is 19.3 Å². The summed E-state index contributed by atoms with van der Waals surface area (Å²) in [6.07, 6.45) is 0.853. The molecule has 1 fully saturated rings. The van der Waals surface area contributed by atoms with Crippen LogP contribution in [0.3, 0.4) is 0 Å². The maximum Gasteiger partial charge on any atom is 0.250 e. The van der Waals surface area contributed by atoms with Gasteiger partial charge < -0.3 is 4.74 Å². The largest absolute Gasteiger partial charge is 0.379 e. The number of rotatable bonds is 7. The van der Waals surface area contributed by atoms with Crippen LogP contribution >= 0.6 is 22.7 Å². The lowest BCUT2D eigenvalue weighted by Crippen LogP contribution is -2.43. The molecular weight excluding hydrogens is 364 g/mol. The second-order valence-electron chi connectivity index (χ2n) is 5.61. The average Bonchev–Trinajstić information content (AvgIpc) is 3.28. The number of hydrogen-bond donors (Lipinski definition) is 1. The maximum absolute atomic E-state index is 12.6. The average molecular weight is 387 g/mol. The van der Waals surface area contributed by atoms with Crippen molar-refractivity contribution in [3.8, 4) is 0 Å². The van der Waals surface area contributed by atoms with Crippen molar-refractivity contribution in [3.05, 3.63) is 39.4 Å². The molecule has 132 valence electrons. The highest BCUT2D eigenvalue weighted by molar-refractivity contribution is 7.91. The smallest absolute Gasteiger partial charge is 0.250 e. The Morgan fingerprint density at radius 1 is 1.29 bits per heavy atom. The highest BCUT2D eigenvalue weighted by Crippen LogP contribution is 2.27. The molecule has 1 aliphatic rings. The zero-order chi connectivity index (χ0) is 17.0. The summed E-state index contributed by atoms with van der Waals surface area (Å²) >= 11 is 3.01. The second-order valence-corrected chi connectivity index (χ2v) is 9.75. The van der Waals surface area contributed by atoms with E-state index >= 15 is 0 Å². The highest BCUT2D eigenvalue weighted by Gasteiger charge is 2.26. The molecule has 0 saturated carbocycles. The molecule has 0 aromatic carbocycles. The van der Waals surface area contributed by atoms with Crippen molar-refractivity contribution in [2.45, 2.75) is 23.6 Å². The lowest BCUT2D eigenvalue weighted by Gasteiger charge is -2.34. The van der Waals surface area contributed by atoms with E-state index < -0.39 is 10.0 Å². The lowest BCUT2D eigenvalue weighted by molar-refractivity contribution is 0.0179. The Labute approximate surface area is 151 Å². The first-order valence-electron chi connectivity index (χ1n) is 8.03. The molecular formula is C16H22N2O3S3. The minimum absolute atomic E-state index is 0.0503. The normalized spacial score (nSPS) is 17.9. The number of sulfonamides is 1. The quantitative estimate of drug-likeness (QED) is 0.795. The van der Waals surface area contributed by atoms with Crippen molar-refractivity contribution in [1.29, 1.82) is 0 Å². The van der Waals surface area contributed by atoms with Crippen LogP contribution < -0.4 is 4.72 Å². The Balaban J connectivity index is 1.73. The Morgan fingerprint density at radius 2 is 2.08 bits per heavy atom. The van der Waals surface area contributed by atoms with E-state index in [4.69, 9.17) is 4.74 Å². The molecule has 1 aliphatic heterocycles. The van der Waals surface area contributed by atoms with Crippen LogP contribution in [0.5, 0.6) is 0 Å². The van der Waals surface area contributed by atoms with Crippen LogP contribution in [-0.2, 0) is 21.2 Å². The third-order valence-corrected chi connectivity index (χ3v) is 8.19. The van der Waals surface area contributed by atoms with Crippen molar-refractivity contribution < 1.29 is 13.2 Å². The highest BCUT2D eigenvalue weighted by atomic mass is 32.2. The minimum atomic E-state index is -3.46. The summed E-state index contributed by atoms with van der Waals surface area (Å²) < 4.78 is 33.8. The topological polar surface area (TPSA) is 58.6 Å². The van der Waals surface area contributed by atoms with Crippen molar-refractivity contribution in [2.24, 2.45) is 0 Å². The fourth-order valence-electron chi connectivity index (χ4n) is 2.73. The van der Waals surface area contributed by atoms with Crippen molar-refractivity contribution in [1.82, 2.24) is 9.62 Å². The molecule has 1 saturated heterocycles. The summed E-state index contributed by atoms with van der Waals surface area (Å²) in [7, 11) is -3.46. The molecule has 1 N–H and O–H groups in total. The molecule has 24 heavy (non-hydrogen) atoms. The molecule has 1 atom stereocenters. The summed E-state index contributed by atoms with van der Waals surface area (Å²) in [5.41, 5.74) is 0. The molecule has 2 aromatic rings. The lowest BCUT2D eigenvalue weighted by atomic mass is 10.2. The van der Waals surface area contributed by atoms with E-state index in [-0.39, 0.29) is 6.04 Å². The van der Waals surface area contributed by atoms with E-state index in [1.165, 1.54) is 16.2 Å². The van der Waals surface area contributed by atoms with Crippen molar-refractivity contribution >= 4 is 32.7 Å². The molecule has 0 radical (unpaired) electrons. The van der Waals surface area contributed by atoms with Crippen LogP contribution in [-0.4, -0.2) is 46.2 Å². The molecule has 2 aromatic heterocycles. The predicted molar refractivity (Wildman–Crippen MR) is 98.3 cm³/mol. The van der Waals surface area contributed by atoms with Crippen LogP contribution in [0.25, 0.3) is 0 Å². The molecule has 8 heteroatoms. The van der Waals surface area contributed by atoms with Crippen LogP contribution in [0.4, 0.5) is 0 Å². The van der Waals surface area contributed by atoms with E-state index in [0.29, 0.717) is 24.0 Å². The van der Waals surface area contributed by atoms with Crippen molar-refractivity contribution in [2.75, 3.05) is 32.8 Å². The van der Waals surface area contributed by atoms with Crippen LogP contribution in [0.2, 0.25) is 0 Å². The monoisotopic (exact) mass is 386 g/mol. The maximum atomic E-state index is 12.6. The Hall–Kier alpha value is -0.770.